The van der Waals surface area contributed by atoms with Gasteiger partial charge in [-0.1, -0.05) is 0 Å². The number of carbonyl (C=O) groups is 2. The molecule has 0 heterocycles. The summed E-state index contributed by atoms with van der Waals surface area (Å²) in [7, 11) is 0. The number of nitrogens with two attached hydrogens (primary N) is 1. The van der Waals surface area contributed by atoms with Crippen LogP contribution < -0.4 is 11.1 Å². The van der Waals surface area contributed by atoms with Crippen LogP contribution in [0.3, 0.4) is 0 Å². The van der Waals surface area contributed by atoms with Crippen LogP contribution in [0, 0.1) is 21.7 Å². The quantitative estimate of drug-likeness (QED) is 0.617. The number of nitro benzene ring substituents is 1. The summed E-state index contributed by atoms with van der Waals surface area (Å²) in [5, 5.41) is 12.7. The molecule has 3 N–H and O–H groups in total. The highest BCUT2D eigenvalue weighted by atomic mass is 19.1. The van der Waals surface area contributed by atoms with Crippen molar-refractivity contribution in [3.63, 3.8) is 0 Å². The Balaban J connectivity index is 3.04. The van der Waals surface area contributed by atoms with E-state index < -0.39 is 45.7 Å². The summed E-state index contributed by atoms with van der Waals surface area (Å²) in [6.07, 6.45) is -0.204. The highest BCUT2D eigenvalue weighted by Crippen LogP contribution is 2.22. The zero-order valence-corrected chi connectivity index (χ0v) is 10.4. The van der Waals surface area contributed by atoms with E-state index in [9.17, 15) is 28.5 Å². The molecule has 0 fully saturated rings. The highest BCUT2D eigenvalue weighted by Gasteiger charge is 2.25. The van der Waals surface area contributed by atoms with Gasteiger partial charge in [0.05, 0.1) is 16.6 Å². The maximum atomic E-state index is 13.7. The Morgan fingerprint density at radius 2 is 2.05 bits per heavy atom. The summed E-state index contributed by atoms with van der Waals surface area (Å²) in [5.41, 5.74) is 2.96. The molecule has 0 saturated heterocycles. The number of hydrogen-bond donors (Lipinski definition) is 2. The van der Waals surface area contributed by atoms with Crippen molar-refractivity contribution in [1.82, 2.24) is 5.32 Å². The number of carbonyl (C=O) groups excluding carboxylic acids is 2. The van der Waals surface area contributed by atoms with Crippen LogP contribution >= 0.6 is 0 Å². The maximum absolute atomic E-state index is 13.7. The number of rotatable bonds is 5. The van der Waals surface area contributed by atoms with Gasteiger partial charge in [-0.2, -0.15) is 4.39 Å². The molecule has 9 heteroatoms. The second kappa shape index (κ2) is 6.04. The van der Waals surface area contributed by atoms with Gasteiger partial charge in [0.1, 0.15) is 5.82 Å². The summed E-state index contributed by atoms with van der Waals surface area (Å²) in [5.74, 6) is -4.33. The van der Waals surface area contributed by atoms with Gasteiger partial charge >= 0.3 is 5.69 Å². The first-order valence-corrected chi connectivity index (χ1v) is 5.45. The molecular formula is C11H11F2N3O4. The molecule has 0 aliphatic heterocycles. The van der Waals surface area contributed by atoms with Crippen molar-refractivity contribution in [3.8, 4) is 0 Å². The van der Waals surface area contributed by atoms with Gasteiger partial charge in [-0.15, -0.1) is 0 Å². The first-order chi connectivity index (χ1) is 9.22. The number of nitrogens with zero attached hydrogens (tertiary/aromatic N) is 1. The number of halogens is 2. The van der Waals surface area contributed by atoms with Crippen molar-refractivity contribution >= 4 is 17.5 Å². The molecule has 20 heavy (non-hydrogen) atoms. The molecule has 1 aromatic rings. The molecule has 2 amide bonds. The van der Waals surface area contributed by atoms with Crippen molar-refractivity contribution in [2.75, 3.05) is 0 Å². The molecule has 0 spiro atoms. The molecule has 1 rings (SSSR count). The predicted octanol–water partition coefficient (Wildman–Crippen LogP) is 0.867. The van der Waals surface area contributed by atoms with Crippen molar-refractivity contribution in [1.29, 1.82) is 0 Å². The zero-order valence-electron chi connectivity index (χ0n) is 10.4. The number of nitrogens with one attached hydrogen (secondary N) is 1. The van der Waals surface area contributed by atoms with E-state index in [1.54, 1.807) is 0 Å². The van der Waals surface area contributed by atoms with E-state index in [0.717, 1.165) is 0 Å². The van der Waals surface area contributed by atoms with E-state index in [1.165, 1.54) is 6.92 Å². The van der Waals surface area contributed by atoms with E-state index in [4.69, 9.17) is 5.73 Å². The molecule has 0 aliphatic rings. The summed E-state index contributed by atoms with van der Waals surface area (Å²) < 4.78 is 26.9. The summed E-state index contributed by atoms with van der Waals surface area (Å²) in [6, 6.07) is 0.190. The fourth-order valence-electron chi connectivity index (χ4n) is 1.53. The lowest BCUT2D eigenvalue weighted by atomic mass is 10.1. The number of primary amides is 1. The molecule has 7 nitrogen and oxygen atoms in total. The lowest BCUT2D eigenvalue weighted by Gasteiger charge is -2.12. The number of hydrogen-bond acceptors (Lipinski definition) is 4. The summed E-state index contributed by atoms with van der Waals surface area (Å²) >= 11 is 0. The Kier molecular flexibility index (Phi) is 4.68. The summed E-state index contributed by atoms with van der Waals surface area (Å²) in [6.45, 7) is 1.42. The molecule has 0 radical (unpaired) electrons. The van der Waals surface area contributed by atoms with E-state index >= 15 is 0 Å². The van der Waals surface area contributed by atoms with Gasteiger partial charge in [0.2, 0.25) is 11.7 Å². The molecule has 1 atom stereocenters. The normalized spacial score (nSPS) is 11.8. The molecule has 0 saturated carbocycles. The topological polar surface area (TPSA) is 115 Å². The van der Waals surface area contributed by atoms with Crippen molar-refractivity contribution in [2.24, 2.45) is 5.73 Å². The van der Waals surface area contributed by atoms with E-state index in [2.05, 4.69) is 5.32 Å². The second-order valence-corrected chi connectivity index (χ2v) is 4.09. The largest absolute Gasteiger partial charge is 0.370 e. The van der Waals surface area contributed by atoms with Crippen molar-refractivity contribution in [2.45, 2.75) is 19.4 Å². The average molecular weight is 287 g/mol. The van der Waals surface area contributed by atoms with Crippen molar-refractivity contribution < 1.29 is 23.3 Å². The number of benzene rings is 1. The fraction of sp³-hybridized carbons (Fsp3) is 0.273. The Morgan fingerprint density at radius 1 is 1.45 bits per heavy atom. The molecular weight excluding hydrogens is 276 g/mol. The maximum Gasteiger partial charge on any atom is 0.308 e. The molecule has 1 aromatic carbocycles. The average Bonchev–Trinajstić information content (AvgIpc) is 2.29. The third-order valence-electron chi connectivity index (χ3n) is 2.34. The monoisotopic (exact) mass is 287 g/mol. The molecule has 1 unspecified atom stereocenters. The standard InChI is InChI=1S/C11H11F2N3O4/c1-5(2-9(14)17)15-11(18)7-3-6(12)4-8(10(7)13)16(19)20/h3-5H,2H2,1H3,(H2,14,17)(H,15,18). The van der Waals surface area contributed by atoms with Gasteiger partial charge in [-0.25, -0.2) is 4.39 Å². The van der Waals surface area contributed by atoms with Gasteiger partial charge in [0.25, 0.3) is 5.91 Å². The Bertz CT molecular complexity index is 577. The van der Waals surface area contributed by atoms with Gasteiger partial charge in [0, 0.05) is 12.5 Å². The third-order valence-corrected chi connectivity index (χ3v) is 2.34. The lowest BCUT2D eigenvalue weighted by Crippen LogP contribution is -2.36. The van der Waals surface area contributed by atoms with Crippen LogP contribution in [-0.2, 0) is 4.79 Å². The van der Waals surface area contributed by atoms with Crippen LogP contribution in [-0.4, -0.2) is 22.8 Å². The highest BCUT2D eigenvalue weighted by molar-refractivity contribution is 5.95. The first kappa shape index (κ1) is 15.5. The smallest absolute Gasteiger partial charge is 0.308 e. The van der Waals surface area contributed by atoms with Crippen LogP contribution in [0.1, 0.15) is 23.7 Å². The van der Waals surface area contributed by atoms with Crippen LogP contribution in [0.25, 0.3) is 0 Å². The van der Waals surface area contributed by atoms with E-state index in [-0.39, 0.29) is 6.42 Å². The van der Waals surface area contributed by atoms with Gasteiger partial charge in [0.15, 0.2) is 0 Å². The van der Waals surface area contributed by atoms with Crippen LogP contribution in [0.5, 0.6) is 0 Å². The van der Waals surface area contributed by atoms with Crippen LogP contribution in [0.4, 0.5) is 14.5 Å². The molecule has 0 aliphatic carbocycles. The minimum absolute atomic E-state index is 0.204. The SMILES string of the molecule is CC(CC(N)=O)NC(=O)c1cc(F)cc([N+](=O)[O-])c1F. The van der Waals surface area contributed by atoms with Gasteiger partial charge in [-0.05, 0) is 13.0 Å². The lowest BCUT2D eigenvalue weighted by molar-refractivity contribution is -0.387. The third kappa shape index (κ3) is 3.70. The predicted molar refractivity (Wildman–Crippen MR) is 63.8 cm³/mol. The molecule has 108 valence electrons. The Morgan fingerprint density at radius 3 is 2.55 bits per heavy atom. The fourth-order valence-corrected chi connectivity index (χ4v) is 1.53. The number of nitro groups is 1. The first-order valence-electron chi connectivity index (χ1n) is 5.45. The minimum atomic E-state index is -1.44. The van der Waals surface area contributed by atoms with Crippen molar-refractivity contribution in [3.05, 3.63) is 39.4 Å². The van der Waals surface area contributed by atoms with E-state index in [1.807, 2.05) is 0 Å². The van der Waals surface area contributed by atoms with Gasteiger partial charge in [-0.3, -0.25) is 19.7 Å². The Labute approximate surface area is 111 Å². The van der Waals surface area contributed by atoms with E-state index in [0.29, 0.717) is 12.1 Å². The molecule has 0 bridgehead atoms. The van der Waals surface area contributed by atoms with Gasteiger partial charge < -0.3 is 11.1 Å². The number of amides is 2. The molecule has 0 aromatic heterocycles. The zero-order chi connectivity index (χ0) is 15.4. The Hall–Kier alpha value is -2.58. The van der Waals surface area contributed by atoms with Crippen LogP contribution in [0.15, 0.2) is 12.1 Å². The summed E-state index contributed by atoms with van der Waals surface area (Å²) in [4.78, 5) is 31.7. The van der Waals surface area contributed by atoms with Crippen LogP contribution in [0.2, 0.25) is 0 Å². The second-order valence-electron chi connectivity index (χ2n) is 4.09. The minimum Gasteiger partial charge on any atom is -0.370 e.